The van der Waals surface area contributed by atoms with Crippen LogP contribution in [0.5, 0.6) is 0 Å². The number of carbonyl (C=O) groups is 2. The summed E-state index contributed by atoms with van der Waals surface area (Å²) in [6.45, 7) is 3.90. The third kappa shape index (κ3) is 8.83. The van der Waals surface area contributed by atoms with Crippen LogP contribution in [-0.4, -0.2) is 44.3 Å². The van der Waals surface area contributed by atoms with E-state index in [-0.39, 0.29) is 29.7 Å². The largest absolute Gasteiger partial charge is 0.354 e. The van der Waals surface area contributed by atoms with Crippen LogP contribution in [0.4, 0.5) is 5.69 Å². The number of benzene rings is 4. The summed E-state index contributed by atoms with van der Waals surface area (Å²) in [6.07, 6.45) is 0.232. The van der Waals surface area contributed by atoms with Crippen LogP contribution in [0.2, 0.25) is 5.02 Å². The van der Waals surface area contributed by atoms with Gasteiger partial charge in [0.15, 0.2) is 0 Å². The van der Waals surface area contributed by atoms with Crippen molar-refractivity contribution in [3.8, 4) is 0 Å². The average Bonchev–Trinajstić information content (AvgIpc) is 3.02. The molecule has 0 radical (unpaired) electrons. The van der Waals surface area contributed by atoms with Crippen molar-refractivity contribution in [2.45, 2.75) is 37.8 Å². The van der Waals surface area contributed by atoms with Crippen molar-refractivity contribution in [3.05, 3.63) is 129 Å². The van der Waals surface area contributed by atoms with Crippen molar-refractivity contribution in [1.29, 1.82) is 0 Å². The minimum Gasteiger partial charge on any atom is -0.354 e. The average molecular weight is 744 g/mol. The molecule has 4 aromatic carbocycles. The van der Waals surface area contributed by atoms with Gasteiger partial charge in [-0.3, -0.25) is 13.9 Å². The van der Waals surface area contributed by atoms with Gasteiger partial charge in [0.2, 0.25) is 11.8 Å². The summed E-state index contributed by atoms with van der Waals surface area (Å²) < 4.78 is 30.0. The van der Waals surface area contributed by atoms with E-state index in [1.165, 1.54) is 17.0 Å². The molecule has 4 aromatic rings. The van der Waals surface area contributed by atoms with E-state index in [1.807, 2.05) is 50.2 Å². The Balaban J connectivity index is 1.79. The number of nitrogens with zero attached hydrogens (tertiary/aromatic N) is 2. The van der Waals surface area contributed by atoms with E-state index in [0.717, 1.165) is 13.4 Å². The maximum absolute atomic E-state index is 14.5. The molecule has 0 aromatic heterocycles. The summed E-state index contributed by atoms with van der Waals surface area (Å²) in [5.41, 5.74) is 1.84. The van der Waals surface area contributed by atoms with E-state index in [4.69, 9.17) is 11.6 Å². The number of halogens is 2. The van der Waals surface area contributed by atoms with Crippen LogP contribution in [0.1, 0.15) is 25.0 Å². The van der Waals surface area contributed by atoms with Gasteiger partial charge in [-0.25, -0.2) is 8.42 Å². The van der Waals surface area contributed by atoms with E-state index >= 15 is 0 Å². The van der Waals surface area contributed by atoms with Crippen molar-refractivity contribution < 1.29 is 18.0 Å². The highest BCUT2D eigenvalue weighted by Gasteiger charge is 2.34. The van der Waals surface area contributed by atoms with Gasteiger partial charge in [-0.15, -0.1) is 0 Å². The summed E-state index contributed by atoms with van der Waals surface area (Å²) in [4.78, 5) is 29.8. The first-order chi connectivity index (χ1) is 21.1. The number of hydrogen-bond donors (Lipinski definition) is 1. The zero-order chi connectivity index (χ0) is 31.7. The van der Waals surface area contributed by atoms with Gasteiger partial charge in [-0.05, 0) is 82.1 Å². The topological polar surface area (TPSA) is 86.8 Å². The number of rotatable bonds is 13. The molecule has 0 aliphatic heterocycles. The van der Waals surface area contributed by atoms with Crippen LogP contribution < -0.4 is 9.62 Å². The standard InChI is InChI=1S/C34H35ClIN3O4S/c1-25(2)22-37-34(41)32(21-26-11-5-3-6-12-26)38(23-27-13-9-10-16-31(27)35)33(40)24-39(29-19-17-28(36)18-20-29)44(42,43)30-14-7-4-8-15-30/h3-20,25,32H,21-24H2,1-2H3,(H,37,41)/t32-/m0/s1. The molecule has 230 valence electrons. The molecule has 10 heteroatoms. The zero-order valence-corrected chi connectivity index (χ0v) is 28.3. The van der Waals surface area contributed by atoms with Crippen LogP contribution in [0, 0.1) is 9.49 Å². The number of nitrogens with one attached hydrogen (secondary N) is 1. The van der Waals surface area contributed by atoms with Crippen molar-refractivity contribution in [2.75, 3.05) is 17.4 Å². The number of carbonyl (C=O) groups excluding carboxylic acids is 2. The van der Waals surface area contributed by atoms with Gasteiger partial charge < -0.3 is 10.2 Å². The summed E-state index contributed by atoms with van der Waals surface area (Å²) in [5, 5.41) is 3.43. The van der Waals surface area contributed by atoms with Crippen LogP contribution in [0.15, 0.2) is 114 Å². The lowest BCUT2D eigenvalue weighted by molar-refractivity contribution is -0.140. The van der Waals surface area contributed by atoms with E-state index in [9.17, 15) is 18.0 Å². The van der Waals surface area contributed by atoms with Crippen molar-refractivity contribution in [3.63, 3.8) is 0 Å². The third-order valence-corrected chi connectivity index (χ3v) is 9.85. The monoisotopic (exact) mass is 743 g/mol. The highest BCUT2D eigenvalue weighted by molar-refractivity contribution is 14.1. The fourth-order valence-corrected chi connectivity index (χ4v) is 6.63. The Morgan fingerprint density at radius 3 is 2.05 bits per heavy atom. The first-order valence-electron chi connectivity index (χ1n) is 14.2. The summed E-state index contributed by atoms with van der Waals surface area (Å²) >= 11 is 8.69. The van der Waals surface area contributed by atoms with Gasteiger partial charge in [0, 0.05) is 28.1 Å². The Kier molecular flexibility index (Phi) is 11.8. The summed E-state index contributed by atoms with van der Waals surface area (Å²) in [5.74, 6) is -0.672. The molecule has 0 saturated heterocycles. The van der Waals surface area contributed by atoms with E-state index in [2.05, 4.69) is 27.9 Å². The number of anilines is 1. The molecule has 0 aliphatic carbocycles. The molecular weight excluding hydrogens is 709 g/mol. The number of hydrogen-bond acceptors (Lipinski definition) is 4. The lowest BCUT2D eigenvalue weighted by atomic mass is 10.0. The molecule has 0 aliphatic rings. The summed E-state index contributed by atoms with van der Waals surface area (Å²) in [7, 11) is -4.15. The second-order valence-electron chi connectivity index (χ2n) is 10.8. The lowest BCUT2D eigenvalue weighted by Crippen LogP contribution is -2.53. The van der Waals surface area contributed by atoms with Crippen molar-refractivity contribution in [1.82, 2.24) is 10.2 Å². The zero-order valence-electron chi connectivity index (χ0n) is 24.6. The van der Waals surface area contributed by atoms with Gasteiger partial charge in [-0.1, -0.05) is 92.2 Å². The molecule has 0 saturated carbocycles. The quantitative estimate of drug-likeness (QED) is 0.158. The van der Waals surface area contributed by atoms with Gasteiger partial charge in [0.05, 0.1) is 10.6 Å². The third-order valence-electron chi connectivity index (χ3n) is 6.98. The van der Waals surface area contributed by atoms with Crippen molar-refractivity contribution >= 4 is 61.7 Å². The Morgan fingerprint density at radius 1 is 0.841 bits per heavy atom. The minimum absolute atomic E-state index is 0.0109. The van der Waals surface area contributed by atoms with Crippen LogP contribution in [0.3, 0.4) is 0 Å². The maximum Gasteiger partial charge on any atom is 0.264 e. The summed E-state index contributed by atoms with van der Waals surface area (Å²) in [6, 6.07) is 30.6. The molecule has 0 fully saturated rings. The molecule has 1 atom stereocenters. The van der Waals surface area contributed by atoms with Crippen LogP contribution in [-0.2, 0) is 32.6 Å². The SMILES string of the molecule is CC(C)CNC(=O)[C@H](Cc1ccccc1)N(Cc1ccccc1Cl)C(=O)CN(c1ccc(I)cc1)S(=O)(=O)c1ccccc1. The predicted octanol–water partition coefficient (Wildman–Crippen LogP) is 6.55. The Morgan fingerprint density at radius 2 is 1.43 bits per heavy atom. The van der Waals surface area contributed by atoms with Gasteiger partial charge in [0.25, 0.3) is 10.0 Å². The molecule has 44 heavy (non-hydrogen) atoms. The number of sulfonamides is 1. The van der Waals surface area contributed by atoms with Gasteiger partial charge >= 0.3 is 0 Å². The van der Waals surface area contributed by atoms with E-state index in [1.54, 1.807) is 60.7 Å². The van der Waals surface area contributed by atoms with E-state index < -0.39 is 28.5 Å². The molecule has 4 rings (SSSR count). The lowest BCUT2D eigenvalue weighted by Gasteiger charge is -2.34. The molecule has 0 heterocycles. The normalized spacial score (nSPS) is 12.0. The van der Waals surface area contributed by atoms with Crippen LogP contribution in [0.25, 0.3) is 0 Å². The molecule has 0 spiro atoms. The maximum atomic E-state index is 14.5. The molecule has 7 nitrogen and oxygen atoms in total. The van der Waals surface area contributed by atoms with E-state index in [0.29, 0.717) is 22.8 Å². The number of amides is 2. The first kappa shape index (κ1) is 33.5. The first-order valence-corrected chi connectivity index (χ1v) is 17.1. The Hall–Kier alpha value is -3.41. The smallest absolute Gasteiger partial charge is 0.264 e. The Bertz CT molecular complexity index is 1650. The highest BCUT2D eigenvalue weighted by atomic mass is 127. The molecule has 1 N–H and O–H groups in total. The molecule has 2 amide bonds. The highest BCUT2D eigenvalue weighted by Crippen LogP contribution is 2.26. The second-order valence-corrected chi connectivity index (χ2v) is 14.3. The molecule has 0 bridgehead atoms. The second kappa shape index (κ2) is 15.5. The van der Waals surface area contributed by atoms with Crippen LogP contribution >= 0.6 is 34.2 Å². The molecule has 0 unspecified atom stereocenters. The van der Waals surface area contributed by atoms with Gasteiger partial charge in [-0.2, -0.15) is 0 Å². The predicted molar refractivity (Wildman–Crippen MR) is 184 cm³/mol. The Labute approximate surface area is 278 Å². The fourth-order valence-electron chi connectivity index (χ4n) is 4.64. The molecular formula is C34H35ClIN3O4S. The van der Waals surface area contributed by atoms with Crippen molar-refractivity contribution in [2.24, 2.45) is 5.92 Å². The fraction of sp³-hybridized carbons (Fsp3) is 0.235. The minimum atomic E-state index is -4.15. The van der Waals surface area contributed by atoms with Gasteiger partial charge in [0.1, 0.15) is 12.6 Å².